The normalized spacial score (nSPS) is 10.9. The molecular weight excluding hydrogens is 329 g/mol. The average molecular weight is 351 g/mol. The summed E-state index contributed by atoms with van der Waals surface area (Å²) in [6.45, 7) is 4.27. The van der Waals surface area contributed by atoms with Crippen LogP contribution < -0.4 is 5.32 Å². The number of benzene rings is 2. The Labute approximate surface area is 152 Å². The molecule has 26 heavy (non-hydrogen) atoms. The van der Waals surface area contributed by atoms with Crippen molar-refractivity contribution in [3.05, 3.63) is 77.8 Å². The van der Waals surface area contributed by atoms with E-state index in [0.717, 1.165) is 17.0 Å². The van der Waals surface area contributed by atoms with E-state index >= 15 is 0 Å². The van der Waals surface area contributed by atoms with Gasteiger partial charge in [-0.2, -0.15) is 0 Å². The molecule has 0 aliphatic heterocycles. The van der Waals surface area contributed by atoms with Gasteiger partial charge in [0.05, 0.1) is 0 Å². The molecule has 0 saturated carbocycles. The summed E-state index contributed by atoms with van der Waals surface area (Å²) in [4.78, 5) is 12.1. The molecule has 4 heteroatoms. The zero-order chi connectivity index (χ0) is 18.5. The second-order valence-electron chi connectivity index (χ2n) is 6.60. The maximum absolute atomic E-state index is 13.0. The number of rotatable bonds is 6. The van der Waals surface area contributed by atoms with Gasteiger partial charge in [-0.3, -0.25) is 4.79 Å². The van der Waals surface area contributed by atoms with Crippen molar-refractivity contribution in [2.24, 2.45) is 0 Å². The molecule has 0 atom stereocenters. The van der Waals surface area contributed by atoms with Gasteiger partial charge >= 0.3 is 0 Å². The molecule has 0 saturated heterocycles. The molecule has 3 rings (SSSR count). The van der Waals surface area contributed by atoms with Crippen molar-refractivity contribution in [1.29, 1.82) is 0 Å². The van der Waals surface area contributed by atoms with Gasteiger partial charge in [0.2, 0.25) is 5.91 Å². The Kier molecular flexibility index (Phi) is 5.52. The molecule has 1 heterocycles. The number of nitrogens with one attached hydrogen (secondary N) is 1. The molecular formula is C22H22FNO2. The number of furan rings is 1. The minimum atomic E-state index is -0.279. The number of hydrogen-bond acceptors (Lipinski definition) is 2. The van der Waals surface area contributed by atoms with Crippen molar-refractivity contribution < 1.29 is 13.6 Å². The zero-order valence-electron chi connectivity index (χ0n) is 15.0. The molecule has 0 radical (unpaired) electrons. The Morgan fingerprint density at radius 3 is 2.35 bits per heavy atom. The first-order chi connectivity index (χ1) is 12.5. The second kappa shape index (κ2) is 8.00. The first kappa shape index (κ1) is 17.9. The van der Waals surface area contributed by atoms with E-state index < -0.39 is 0 Å². The summed E-state index contributed by atoms with van der Waals surface area (Å²) in [5.74, 6) is 1.54. The Morgan fingerprint density at radius 2 is 1.69 bits per heavy atom. The number of halogens is 1. The topological polar surface area (TPSA) is 42.2 Å². The van der Waals surface area contributed by atoms with Gasteiger partial charge in [-0.25, -0.2) is 4.39 Å². The van der Waals surface area contributed by atoms with Crippen molar-refractivity contribution in [3.8, 4) is 11.3 Å². The highest BCUT2D eigenvalue weighted by molar-refractivity contribution is 5.90. The van der Waals surface area contributed by atoms with Crippen molar-refractivity contribution >= 4 is 11.6 Å². The maximum Gasteiger partial charge on any atom is 0.224 e. The van der Waals surface area contributed by atoms with E-state index in [0.29, 0.717) is 24.5 Å². The van der Waals surface area contributed by atoms with Crippen LogP contribution in [0.1, 0.15) is 37.5 Å². The lowest BCUT2D eigenvalue weighted by atomic mass is 10.0. The summed E-state index contributed by atoms with van der Waals surface area (Å²) < 4.78 is 18.7. The molecule has 1 aromatic heterocycles. The van der Waals surface area contributed by atoms with Crippen LogP contribution in [0.15, 0.2) is 65.1 Å². The SMILES string of the molecule is CC(C)c1ccc(NC(=O)CCc2ccc(-c3ccc(F)cc3)o2)cc1. The summed E-state index contributed by atoms with van der Waals surface area (Å²) in [7, 11) is 0. The predicted octanol–water partition coefficient (Wildman–Crippen LogP) is 5.78. The molecule has 0 fully saturated rings. The fraction of sp³-hybridized carbons (Fsp3) is 0.227. The molecule has 1 N–H and O–H groups in total. The summed E-state index contributed by atoms with van der Waals surface area (Å²) in [6, 6.07) is 17.7. The number of amides is 1. The highest BCUT2D eigenvalue weighted by atomic mass is 19.1. The number of anilines is 1. The quantitative estimate of drug-likeness (QED) is 0.611. The Balaban J connectivity index is 1.54. The minimum absolute atomic E-state index is 0.0537. The van der Waals surface area contributed by atoms with E-state index in [1.165, 1.54) is 17.7 Å². The molecule has 3 nitrogen and oxygen atoms in total. The molecule has 0 aliphatic rings. The smallest absolute Gasteiger partial charge is 0.224 e. The van der Waals surface area contributed by atoms with Gasteiger partial charge in [-0.05, 0) is 60.0 Å². The van der Waals surface area contributed by atoms with Gasteiger partial charge < -0.3 is 9.73 Å². The van der Waals surface area contributed by atoms with Crippen LogP contribution in [0.5, 0.6) is 0 Å². The van der Waals surface area contributed by atoms with E-state index in [-0.39, 0.29) is 11.7 Å². The lowest BCUT2D eigenvalue weighted by Crippen LogP contribution is -2.12. The Morgan fingerprint density at radius 1 is 1.00 bits per heavy atom. The van der Waals surface area contributed by atoms with Crippen LogP contribution in [-0.2, 0) is 11.2 Å². The fourth-order valence-corrected chi connectivity index (χ4v) is 2.69. The van der Waals surface area contributed by atoms with Crippen molar-refractivity contribution in [2.45, 2.75) is 32.6 Å². The second-order valence-corrected chi connectivity index (χ2v) is 6.60. The summed E-state index contributed by atoms with van der Waals surface area (Å²) in [5, 5.41) is 2.90. The summed E-state index contributed by atoms with van der Waals surface area (Å²) in [5.41, 5.74) is 2.85. The number of hydrogen-bond donors (Lipinski definition) is 1. The monoisotopic (exact) mass is 351 g/mol. The molecule has 1 amide bonds. The van der Waals surface area contributed by atoms with Crippen LogP contribution in [-0.4, -0.2) is 5.91 Å². The first-order valence-electron chi connectivity index (χ1n) is 8.76. The fourth-order valence-electron chi connectivity index (χ4n) is 2.69. The van der Waals surface area contributed by atoms with Gasteiger partial charge in [0.1, 0.15) is 17.3 Å². The molecule has 0 bridgehead atoms. The summed E-state index contributed by atoms with van der Waals surface area (Å²) in [6.07, 6.45) is 0.847. The van der Waals surface area contributed by atoms with Gasteiger partial charge in [0.25, 0.3) is 0 Å². The zero-order valence-corrected chi connectivity index (χ0v) is 15.0. The third-order valence-electron chi connectivity index (χ3n) is 4.25. The molecule has 134 valence electrons. The standard InChI is InChI=1S/C22H22FNO2/c1-15(2)16-5-9-19(10-6-16)24-22(25)14-12-20-11-13-21(26-20)17-3-7-18(23)8-4-17/h3-11,13,15H,12,14H2,1-2H3,(H,24,25). The highest BCUT2D eigenvalue weighted by Crippen LogP contribution is 2.23. The lowest BCUT2D eigenvalue weighted by Gasteiger charge is -2.08. The first-order valence-corrected chi connectivity index (χ1v) is 8.76. The summed E-state index contributed by atoms with van der Waals surface area (Å²) >= 11 is 0. The predicted molar refractivity (Wildman–Crippen MR) is 102 cm³/mol. The van der Waals surface area contributed by atoms with E-state index in [1.807, 2.05) is 36.4 Å². The van der Waals surface area contributed by atoms with Crippen LogP contribution in [0, 0.1) is 5.82 Å². The van der Waals surface area contributed by atoms with Gasteiger partial charge in [-0.15, -0.1) is 0 Å². The van der Waals surface area contributed by atoms with E-state index in [4.69, 9.17) is 4.42 Å². The minimum Gasteiger partial charge on any atom is -0.461 e. The van der Waals surface area contributed by atoms with Crippen LogP contribution >= 0.6 is 0 Å². The molecule has 2 aromatic carbocycles. The maximum atomic E-state index is 13.0. The van der Waals surface area contributed by atoms with E-state index in [2.05, 4.69) is 19.2 Å². The Bertz CT molecular complexity index is 864. The Hall–Kier alpha value is -2.88. The average Bonchev–Trinajstić information content (AvgIpc) is 3.10. The number of carbonyl (C=O) groups excluding carboxylic acids is 1. The number of carbonyl (C=O) groups is 1. The number of aryl methyl sites for hydroxylation is 1. The van der Waals surface area contributed by atoms with E-state index in [1.54, 1.807) is 12.1 Å². The van der Waals surface area contributed by atoms with Crippen LogP contribution in [0.4, 0.5) is 10.1 Å². The van der Waals surface area contributed by atoms with Crippen LogP contribution in [0.25, 0.3) is 11.3 Å². The molecule has 0 unspecified atom stereocenters. The van der Waals surface area contributed by atoms with Crippen molar-refractivity contribution in [3.63, 3.8) is 0 Å². The third-order valence-corrected chi connectivity index (χ3v) is 4.25. The van der Waals surface area contributed by atoms with Crippen LogP contribution in [0.2, 0.25) is 0 Å². The molecule has 0 aliphatic carbocycles. The largest absolute Gasteiger partial charge is 0.461 e. The third kappa shape index (κ3) is 4.60. The van der Waals surface area contributed by atoms with Gasteiger partial charge in [0.15, 0.2) is 0 Å². The van der Waals surface area contributed by atoms with Gasteiger partial charge in [0, 0.05) is 24.1 Å². The van der Waals surface area contributed by atoms with Crippen molar-refractivity contribution in [2.75, 3.05) is 5.32 Å². The van der Waals surface area contributed by atoms with E-state index in [9.17, 15) is 9.18 Å². The highest BCUT2D eigenvalue weighted by Gasteiger charge is 2.08. The lowest BCUT2D eigenvalue weighted by molar-refractivity contribution is -0.116. The van der Waals surface area contributed by atoms with Crippen LogP contribution in [0.3, 0.4) is 0 Å². The van der Waals surface area contributed by atoms with Gasteiger partial charge in [-0.1, -0.05) is 26.0 Å². The molecule has 0 spiro atoms. The van der Waals surface area contributed by atoms with Crippen molar-refractivity contribution in [1.82, 2.24) is 0 Å². The molecule has 3 aromatic rings.